The molecule has 2 fully saturated rings. The summed E-state index contributed by atoms with van der Waals surface area (Å²) in [5.41, 5.74) is 3.26. The van der Waals surface area contributed by atoms with Crippen molar-refractivity contribution >= 4 is 39.1 Å². The van der Waals surface area contributed by atoms with Gasteiger partial charge in [-0.25, -0.2) is 13.2 Å². The van der Waals surface area contributed by atoms with E-state index in [9.17, 15) is 23.1 Å². The number of pyridine rings is 1. The number of nitrogens with zero attached hydrogens (tertiary/aromatic N) is 5. The van der Waals surface area contributed by atoms with Gasteiger partial charge in [-0.05, 0) is 78.1 Å². The Kier molecular flexibility index (Phi) is 13.2. The fraction of sp³-hybridized carbons (Fsp3) is 0.429. The summed E-state index contributed by atoms with van der Waals surface area (Å²) < 4.78 is 29.7. The molecule has 1 saturated heterocycles. The lowest BCUT2D eigenvalue weighted by Gasteiger charge is -2.35. The molecule has 13 heteroatoms. The molecule has 1 saturated carbocycles. The van der Waals surface area contributed by atoms with E-state index in [0.29, 0.717) is 31.6 Å². The van der Waals surface area contributed by atoms with Gasteiger partial charge in [-0.2, -0.15) is 4.31 Å². The van der Waals surface area contributed by atoms with E-state index in [1.165, 1.54) is 22.7 Å². The van der Waals surface area contributed by atoms with Crippen molar-refractivity contribution in [3.8, 4) is 0 Å². The number of carbonyl (C=O) groups excluding carboxylic acids is 2. The molecule has 3 N–H and O–H groups in total. The van der Waals surface area contributed by atoms with Crippen LogP contribution in [0, 0.1) is 11.8 Å². The number of carbonyl (C=O) groups is 2. The van der Waals surface area contributed by atoms with Gasteiger partial charge in [-0.1, -0.05) is 92.9 Å². The number of sulfonamides is 1. The highest BCUT2D eigenvalue weighted by Crippen LogP contribution is 2.29. The van der Waals surface area contributed by atoms with Crippen LogP contribution in [0.15, 0.2) is 101 Å². The number of rotatable bonds is 17. The van der Waals surface area contributed by atoms with E-state index >= 15 is 0 Å². The minimum atomic E-state index is -4.06. The zero-order valence-corrected chi connectivity index (χ0v) is 32.4. The Morgan fingerprint density at radius 3 is 2.47 bits per heavy atom. The van der Waals surface area contributed by atoms with Crippen molar-refractivity contribution in [2.75, 3.05) is 26.2 Å². The first kappa shape index (κ1) is 39.8. The second-order valence-electron chi connectivity index (χ2n) is 14.9. The van der Waals surface area contributed by atoms with E-state index in [0.717, 1.165) is 47.7 Å². The van der Waals surface area contributed by atoms with Crippen LogP contribution in [-0.4, -0.2) is 100 Å². The second-order valence-corrected chi connectivity index (χ2v) is 16.9. The number of amides is 3. The highest BCUT2D eigenvalue weighted by molar-refractivity contribution is 7.89. The Bertz CT molecular complexity index is 2040. The van der Waals surface area contributed by atoms with Gasteiger partial charge in [0.25, 0.3) is 0 Å². The Balaban J connectivity index is 1.23. The molecule has 2 aliphatic rings. The molecule has 3 amide bonds. The van der Waals surface area contributed by atoms with E-state index in [4.69, 9.17) is 5.21 Å². The monoisotopic (exact) mass is 768 g/mol. The molecule has 12 nitrogen and oxygen atoms in total. The number of aliphatic hydroxyl groups is 1. The summed E-state index contributed by atoms with van der Waals surface area (Å²) in [6.07, 6.45) is 6.42. The van der Waals surface area contributed by atoms with Gasteiger partial charge in [0.1, 0.15) is 6.04 Å². The quantitative estimate of drug-likeness (QED) is 0.0711. The predicted octanol–water partition coefficient (Wildman–Crippen LogP) is 5.66. The third kappa shape index (κ3) is 9.70. The smallest absolute Gasteiger partial charge is 0.321 e. The van der Waals surface area contributed by atoms with Crippen molar-refractivity contribution in [1.82, 2.24) is 24.4 Å². The summed E-state index contributed by atoms with van der Waals surface area (Å²) in [5, 5.41) is 28.1. The van der Waals surface area contributed by atoms with Gasteiger partial charge in [0, 0.05) is 44.3 Å². The summed E-state index contributed by atoms with van der Waals surface area (Å²) in [6, 6.07) is 23.5. The maximum Gasteiger partial charge on any atom is 0.321 e. The average molecular weight is 769 g/mol. The van der Waals surface area contributed by atoms with Crippen LogP contribution in [0.2, 0.25) is 0 Å². The van der Waals surface area contributed by atoms with E-state index in [1.807, 2.05) is 74.5 Å². The Morgan fingerprint density at radius 2 is 1.76 bits per heavy atom. The molecule has 0 unspecified atom stereocenters. The van der Waals surface area contributed by atoms with Crippen molar-refractivity contribution < 1.29 is 28.3 Å². The molecule has 6 rings (SSSR count). The summed E-state index contributed by atoms with van der Waals surface area (Å²) in [5.74, 6) is -0.425. The van der Waals surface area contributed by atoms with Crippen molar-refractivity contribution in [1.29, 1.82) is 0 Å². The summed E-state index contributed by atoms with van der Waals surface area (Å²) in [4.78, 5) is 36.3. The van der Waals surface area contributed by atoms with E-state index in [1.54, 1.807) is 28.1 Å². The largest absolute Gasteiger partial charge is 0.411 e. The molecule has 2 heterocycles. The van der Waals surface area contributed by atoms with E-state index in [-0.39, 0.29) is 48.2 Å². The maximum atomic E-state index is 14.5. The van der Waals surface area contributed by atoms with Gasteiger partial charge in [0.05, 0.1) is 28.8 Å². The van der Waals surface area contributed by atoms with Crippen LogP contribution < -0.4 is 5.32 Å². The third-order valence-electron chi connectivity index (χ3n) is 11.1. The van der Waals surface area contributed by atoms with E-state index < -0.39 is 28.2 Å². The fourth-order valence-corrected chi connectivity index (χ4v) is 9.36. The average Bonchev–Trinajstić information content (AvgIpc) is 3.84. The Hall–Kier alpha value is -4.85. The molecule has 4 atom stereocenters. The number of benzene rings is 3. The van der Waals surface area contributed by atoms with Crippen molar-refractivity contribution in [2.45, 2.75) is 82.0 Å². The highest BCUT2D eigenvalue weighted by atomic mass is 32.2. The molecular weight excluding hydrogens is 717 g/mol. The van der Waals surface area contributed by atoms with Gasteiger partial charge in [0.15, 0.2) is 0 Å². The van der Waals surface area contributed by atoms with Crippen LogP contribution in [0.3, 0.4) is 0 Å². The summed E-state index contributed by atoms with van der Waals surface area (Å²) >= 11 is 0. The fourth-order valence-electron chi connectivity index (χ4n) is 7.83. The lowest BCUT2D eigenvalue weighted by Crippen LogP contribution is -2.57. The summed E-state index contributed by atoms with van der Waals surface area (Å²) in [7, 11) is -4.06. The first-order chi connectivity index (χ1) is 26.6. The molecule has 0 radical (unpaired) electrons. The van der Waals surface area contributed by atoms with Crippen molar-refractivity contribution in [3.63, 3.8) is 0 Å². The highest BCUT2D eigenvalue weighted by Gasteiger charge is 2.41. The number of oxime groups is 1. The SMILES string of the molecule is CC[C@H](C)[C@@H](C(=O)N[C@@H](Cc1ccccc1)[C@H](O)CN(CC1CCCC1)S(=O)(=O)c1ccc(/C=N/O)cc1)N1CCN(Cc2ccc3ncccc3c2)C1=O. The molecule has 0 spiro atoms. The van der Waals surface area contributed by atoms with Crippen molar-refractivity contribution in [3.05, 3.63) is 108 Å². The van der Waals surface area contributed by atoms with Crippen molar-refractivity contribution in [2.24, 2.45) is 17.0 Å². The predicted molar refractivity (Wildman–Crippen MR) is 212 cm³/mol. The molecule has 0 bridgehead atoms. The standard InChI is InChI=1S/C42H52N6O6S/c1-3-30(2)40(48-23-22-46(42(48)51)27-34-17-20-37-35(24-34)14-9-21-43-37)41(50)45-38(25-31-10-5-4-6-11-31)39(49)29-47(28-33-12-7-8-13-33)55(53,54)36-18-15-32(16-19-36)26-44-52/h4-6,9-11,14-21,24,26,30,33,38-40,49,52H,3,7-8,12-13,22-23,25,27-29H2,1-2H3,(H,45,50)/b44-26+/t30-,38-,39+,40-/m0/s1. The van der Waals surface area contributed by atoms with Gasteiger partial charge >= 0.3 is 6.03 Å². The molecule has 1 aliphatic heterocycles. The first-order valence-corrected chi connectivity index (χ1v) is 20.7. The molecule has 4 aromatic rings. The van der Waals surface area contributed by atoms with Crippen LogP contribution in [0.1, 0.15) is 62.6 Å². The number of aromatic nitrogens is 1. The zero-order valence-electron chi connectivity index (χ0n) is 31.6. The molecule has 292 valence electrons. The molecular formula is C42H52N6O6S. The maximum absolute atomic E-state index is 14.5. The number of nitrogens with one attached hydrogen (secondary N) is 1. The minimum Gasteiger partial charge on any atom is -0.411 e. The molecule has 1 aromatic heterocycles. The third-order valence-corrected chi connectivity index (χ3v) is 12.9. The van der Waals surface area contributed by atoms with Crippen LogP contribution in [-0.2, 0) is 27.8 Å². The lowest BCUT2D eigenvalue weighted by molar-refractivity contribution is -0.128. The second kappa shape index (κ2) is 18.2. The van der Waals surface area contributed by atoms with Gasteiger partial charge in [0.2, 0.25) is 15.9 Å². The van der Waals surface area contributed by atoms with Gasteiger partial charge in [-0.3, -0.25) is 9.78 Å². The summed E-state index contributed by atoms with van der Waals surface area (Å²) in [6.45, 7) is 5.17. The minimum absolute atomic E-state index is 0.0609. The lowest BCUT2D eigenvalue weighted by atomic mass is 9.95. The zero-order chi connectivity index (χ0) is 39.0. The normalized spacial score (nSPS) is 17.6. The molecule has 3 aromatic carbocycles. The van der Waals surface area contributed by atoms with Crippen LogP contribution in [0.4, 0.5) is 4.79 Å². The number of aliphatic hydroxyl groups excluding tert-OH is 1. The number of hydrogen-bond donors (Lipinski definition) is 3. The number of hydrogen-bond acceptors (Lipinski definition) is 8. The van der Waals surface area contributed by atoms with Gasteiger partial charge in [-0.15, -0.1) is 0 Å². The van der Waals surface area contributed by atoms with Crippen LogP contribution in [0.5, 0.6) is 0 Å². The van der Waals surface area contributed by atoms with Gasteiger partial charge < -0.3 is 25.4 Å². The Morgan fingerprint density at radius 1 is 1.02 bits per heavy atom. The van der Waals surface area contributed by atoms with Crippen LogP contribution >= 0.6 is 0 Å². The Labute approximate surface area is 323 Å². The number of fused-ring (bicyclic) bond motifs is 1. The van der Waals surface area contributed by atoms with E-state index in [2.05, 4.69) is 15.5 Å². The molecule has 1 aliphatic carbocycles. The number of urea groups is 1. The first-order valence-electron chi connectivity index (χ1n) is 19.3. The topological polar surface area (TPSA) is 156 Å². The van der Waals surface area contributed by atoms with Crippen LogP contribution in [0.25, 0.3) is 10.9 Å². The molecule has 55 heavy (non-hydrogen) atoms.